The smallest absolute Gasteiger partial charge is 0.341 e. The molecule has 5 nitrogen and oxygen atoms in total. The molecular weight excluding hydrogens is 208 g/mol. The number of nitrogens with one attached hydrogen (secondary N) is 2. The Labute approximate surface area is 92.5 Å². The molecule has 1 aliphatic rings. The number of aromatic nitrogens is 1. The van der Waals surface area contributed by atoms with E-state index in [1.54, 1.807) is 6.20 Å². The van der Waals surface area contributed by atoms with E-state index in [1.165, 1.54) is 6.07 Å². The Kier molecular flexibility index (Phi) is 3.05. The van der Waals surface area contributed by atoms with E-state index >= 15 is 0 Å². The van der Waals surface area contributed by atoms with Crippen LogP contribution in [0.3, 0.4) is 0 Å². The molecule has 0 radical (unpaired) electrons. The van der Waals surface area contributed by atoms with Gasteiger partial charge in [-0.1, -0.05) is 0 Å². The van der Waals surface area contributed by atoms with E-state index in [-0.39, 0.29) is 5.56 Å². The Morgan fingerprint density at radius 2 is 2.31 bits per heavy atom. The fourth-order valence-electron chi connectivity index (χ4n) is 2.03. The minimum absolute atomic E-state index is 0.178. The number of hydrogen-bond donors (Lipinski definition) is 3. The number of hydrogen-bond acceptors (Lipinski definition) is 3. The zero-order chi connectivity index (χ0) is 11.5. The van der Waals surface area contributed by atoms with E-state index in [0.29, 0.717) is 5.92 Å². The quantitative estimate of drug-likeness (QED) is 0.682. The van der Waals surface area contributed by atoms with E-state index in [4.69, 9.17) is 5.11 Å². The maximum Gasteiger partial charge on any atom is 0.341 e. The molecule has 0 spiro atoms. The lowest BCUT2D eigenvalue weighted by atomic mass is 9.92. The zero-order valence-electron chi connectivity index (χ0n) is 8.82. The summed E-state index contributed by atoms with van der Waals surface area (Å²) in [6.45, 7) is 1.84. The first-order valence-corrected chi connectivity index (χ1v) is 5.35. The van der Waals surface area contributed by atoms with Crippen molar-refractivity contribution in [2.75, 3.05) is 13.1 Å². The van der Waals surface area contributed by atoms with Gasteiger partial charge in [0.05, 0.1) is 0 Å². The van der Waals surface area contributed by atoms with E-state index < -0.39 is 11.5 Å². The third-order valence-electron chi connectivity index (χ3n) is 2.92. The Morgan fingerprint density at radius 3 is 2.94 bits per heavy atom. The molecule has 1 aliphatic heterocycles. The minimum Gasteiger partial charge on any atom is -0.477 e. The fourth-order valence-corrected chi connectivity index (χ4v) is 2.03. The van der Waals surface area contributed by atoms with Crippen molar-refractivity contribution in [2.24, 2.45) is 0 Å². The summed E-state index contributed by atoms with van der Waals surface area (Å²) in [6.07, 6.45) is 3.72. The number of carbonyl (C=O) groups is 1. The lowest BCUT2D eigenvalue weighted by Crippen LogP contribution is -2.29. The number of aromatic carboxylic acids is 1. The number of carboxylic acid groups (broad SMARTS) is 1. The predicted molar refractivity (Wildman–Crippen MR) is 58.9 cm³/mol. The van der Waals surface area contributed by atoms with Crippen LogP contribution >= 0.6 is 0 Å². The molecule has 1 atom stereocenters. The van der Waals surface area contributed by atoms with Crippen molar-refractivity contribution in [3.05, 3.63) is 33.7 Å². The van der Waals surface area contributed by atoms with Crippen molar-refractivity contribution in [3.63, 3.8) is 0 Å². The Bertz CT molecular complexity index is 447. The molecule has 2 heterocycles. The number of pyridine rings is 1. The second-order valence-electron chi connectivity index (χ2n) is 4.02. The average Bonchev–Trinajstić information content (AvgIpc) is 2.30. The van der Waals surface area contributed by atoms with Crippen molar-refractivity contribution in [1.82, 2.24) is 10.3 Å². The van der Waals surface area contributed by atoms with Crippen molar-refractivity contribution in [3.8, 4) is 0 Å². The van der Waals surface area contributed by atoms with Crippen LogP contribution < -0.4 is 10.9 Å². The summed E-state index contributed by atoms with van der Waals surface area (Å²) < 4.78 is 0. The molecule has 1 aromatic heterocycles. The summed E-state index contributed by atoms with van der Waals surface area (Å²) in [5.74, 6) is -0.879. The standard InChI is InChI=1S/C11H14N2O3/c14-10-9(11(15)16)4-8(6-13-10)7-2-1-3-12-5-7/h4,6-7,12H,1-3,5H2,(H,13,14)(H,15,16). The van der Waals surface area contributed by atoms with Gasteiger partial charge in [-0.25, -0.2) is 4.79 Å². The van der Waals surface area contributed by atoms with E-state index in [2.05, 4.69) is 10.3 Å². The number of H-pyrrole nitrogens is 1. The summed E-state index contributed by atoms with van der Waals surface area (Å²) in [4.78, 5) is 24.5. The summed E-state index contributed by atoms with van der Waals surface area (Å²) in [5.41, 5.74) is 0.173. The summed E-state index contributed by atoms with van der Waals surface area (Å²) >= 11 is 0. The van der Waals surface area contributed by atoms with Gasteiger partial charge in [0, 0.05) is 12.7 Å². The fraction of sp³-hybridized carbons (Fsp3) is 0.455. The molecule has 1 saturated heterocycles. The number of aromatic amines is 1. The molecule has 86 valence electrons. The molecule has 1 fully saturated rings. The van der Waals surface area contributed by atoms with Crippen molar-refractivity contribution >= 4 is 5.97 Å². The highest BCUT2D eigenvalue weighted by Gasteiger charge is 2.18. The van der Waals surface area contributed by atoms with Crippen LogP contribution in [-0.4, -0.2) is 29.1 Å². The molecule has 2 rings (SSSR count). The van der Waals surface area contributed by atoms with Crippen LogP contribution in [0.4, 0.5) is 0 Å². The lowest BCUT2D eigenvalue weighted by molar-refractivity contribution is 0.0694. The number of piperidine rings is 1. The van der Waals surface area contributed by atoms with Crippen LogP contribution in [0.2, 0.25) is 0 Å². The van der Waals surface area contributed by atoms with Crippen LogP contribution in [-0.2, 0) is 0 Å². The number of carboxylic acids is 1. The zero-order valence-corrected chi connectivity index (χ0v) is 8.82. The van der Waals surface area contributed by atoms with Crippen molar-refractivity contribution in [1.29, 1.82) is 0 Å². The molecule has 5 heteroatoms. The molecule has 0 amide bonds. The SMILES string of the molecule is O=C(O)c1cc(C2CCCNC2)c[nH]c1=O. The van der Waals surface area contributed by atoms with Gasteiger partial charge in [0.1, 0.15) is 5.56 Å². The van der Waals surface area contributed by atoms with Crippen LogP contribution in [0.25, 0.3) is 0 Å². The molecule has 3 N–H and O–H groups in total. The highest BCUT2D eigenvalue weighted by molar-refractivity contribution is 5.87. The average molecular weight is 222 g/mol. The van der Waals surface area contributed by atoms with E-state index in [1.807, 2.05) is 0 Å². The van der Waals surface area contributed by atoms with Gasteiger partial charge in [-0.05, 0) is 36.9 Å². The second kappa shape index (κ2) is 4.49. The van der Waals surface area contributed by atoms with Crippen LogP contribution in [0, 0.1) is 0 Å². The third kappa shape index (κ3) is 2.14. The van der Waals surface area contributed by atoms with Gasteiger partial charge in [-0.15, -0.1) is 0 Å². The highest BCUT2D eigenvalue weighted by atomic mass is 16.4. The van der Waals surface area contributed by atoms with Gasteiger partial charge in [0.15, 0.2) is 0 Å². The van der Waals surface area contributed by atoms with E-state index in [0.717, 1.165) is 31.5 Å². The summed E-state index contributed by atoms with van der Waals surface area (Å²) in [6, 6.07) is 1.48. The molecule has 1 unspecified atom stereocenters. The van der Waals surface area contributed by atoms with Gasteiger partial charge >= 0.3 is 5.97 Å². The molecule has 0 aliphatic carbocycles. The highest BCUT2D eigenvalue weighted by Crippen LogP contribution is 2.22. The largest absolute Gasteiger partial charge is 0.477 e. The maximum atomic E-state index is 11.2. The van der Waals surface area contributed by atoms with Crippen LogP contribution in [0.5, 0.6) is 0 Å². The molecule has 16 heavy (non-hydrogen) atoms. The first-order valence-electron chi connectivity index (χ1n) is 5.35. The van der Waals surface area contributed by atoms with E-state index in [9.17, 15) is 9.59 Å². The Balaban J connectivity index is 2.31. The lowest BCUT2D eigenvalue weighted by Gasteiger charge is -2.22. The second-order valence-corrected chi connectivity index (χ2v) is 4.02. The van der Waals surface area contributed by atoms with Gasteiger partial charge < -0.3 is 15.4 Å². The Morgan fingerprint density at radius 1 is 1.50 bits per heavy atom. The van der Waals surface area contributed by atoms with Gasteiger partial charge in [0.2, 0.25) is 0 Å². The molecule has 0 bridgehead atoms. The molecule has 0 aromatic carbocycles. The van der Waals surface area contributed by atoms with Crippen molar-refractivity contribution < 1.29 is 9.90 Å². The van der Waals surface area contributed by atoms with Crippen molar-refractivity contribution in [2.45, 2.75) is 18.8 Å². The molecule has 0 saturated carbocycles. The van der Waals surface area contributed by atoms with Gasteiger partial charge in [-0.2, -0.15) is 0 Å². The summed E-state index contributed by atoms with van der Waals surface area (Å²) in [5, 5.41) is 12.1. The third-order valence-corrected chi connectivity index (χ3v) is 2.92. The van der Waals surface area contributed by atoms with Crippen LogP contribution in [0.15, 0.2) is 17.1 Å². The monoisotopic (exact) mass is 222 g/mol. The minimum atomic E-state index is -1.17. The topological polar surface area (TPSA) is 82.2 Å². The predicted octanol–water partition coefficient (Wildman–Crippen LogP) is 0.540. The van der Waals surface area contributed by atoms with Crippen LogP contribution in [0.1, 0.15) is 34.7 Å². The van der Waals surface area contributed by atoms with Gasteiger partial charge in [0.25, 0.3) is 5.56 Å². The first-order chi connectivity index (χ1) is 7.68. The number of rotatable bonds is 2. The normalized spacial score (nSPS) is 20.6. The van der Waals surface area contributed by atoms with Gasteiger partial charge in [-0.3, -0.25) is 4.79 Å². The first kappa shape index (κ1) is 10.9. The molecule has 1 aromatic rings. The Hall–Kier alpha value is -1.62. The molecular formula is C11H14N2O3. The maximum absolute atomic E-state index is 11.2. The summed E-state index contributed by atoms with van der Waals surface area (Å²) in [7, 11) is 0.